The molecular formula is C18H32N8O8S. The van der Waals surface area contributed by atoms with Crippen molar-refractivity contribution in [3.63, 3.8) is 0 Å². The fraction of sp³-hybridized carbons (Fsp3) is 0.611. The lowest BCUT2D eigenvalue weighted by atomic mass is 10.1. The molecule has 0 saturated heterocycles. The summed E-state index contributed by atoms with van der Waals surface area (Å²) < 4.78 is 0. The molecule has 0 aromatic carbocycles. The molecule has 198 valence electrons. The number of carbonyl (C=O) groups is 6. The van der Waals surface area contributed by atoms with Crippen molar-refractivity contribution in [2.45, 2.75) is 56.3 Å². The van der Waals surface area contributed by atoms with Crippen LogP contribution in [0.2, 0.25) is 0 Å². The maximum Gasteiger partial charge on any atom is 0.326 e. The Morgan fingerprint density at radius 1 is 0.829 bits per heavy atom. The summed E-state index contributed by atoms with van der Waals surface area (Å²) in [6.07, 6.45) is -1.39. The molecule has 16 nitrogen and oxygen atoms in total. The molecule has 17 heteroatoms. The van der Waals surface area contributed by atoms with Crippen molar-refractivity contribution < 1.29 is 39.0 Å². The molecule has 0 aliphatic carbocycles. The van der Waals surface area contributed by atoms with E-state index in [0.29, 0.717) is 0 Å². The first-order valence-corrected chi connectivity index (χ1v) is 11.0. The summed E-state index contributed by atoms with van der Waals surface area (Å²) in [5.74, 6) is -6.79. The van der Waals surface area contributed by atoms with E-state index in [1.54, 1.807) is 0 Å². The Morgan fingerprint density at radius 2 is 1.37 bits per heavy atom. The van der Waals surface area contributed by atoms with E-state index in [1.807, 2.05) is 0 Å². The molecule has 0 saturated carbocycles. The Balaban J connectivity index is 5.52. The molecule has 0 spiro atoms. The van der Waals surface area contributed by atoms with Crippen molar-refractivity contribution in [3.05, 3.63) is 0 Å². The molecule has 4 atom stereocenters. The normalized spacial score (nSPS) is 13.9. The highest BCUT2D eigenvalue weighted by molar-refractivity contribution is 7.80. The summed E-state index contributed by atoms with van der Waals surface area (Å²) >= 11 is 3.85. The second-order valence-corrected chi connectivity index (χ2v) is 7.73. The van der Waals surface area contributed by atoms with E-state index in [4.69, 9.17) is 28.0 Å². The number of carboxylic acids is 2. The van der Waals surface area contributed by atoms with E-state index in [1.165, 1.54) is 0 Å². The van der Waals surface area contributed by atoms with E-state index < -0.39 is 66.2 Å². The number of aliphatic imine (C=N–C) groups is 1. The second-order valence-electron chi connectivity index (χ2n) is 7.36. The number of hydrogen-bond donors (Lipinski definition) is 10. The van der Waals surface area contributed by atoms with Crippen molar-refractivity contribution in [2.75, 3.05) is 12.3 Å². The highest BCUT2D eigenvalue weighted by atomic mass is 32.1. The first-order chi connectivity index (χ1) is 16.3. The van der Waals surface area contributed by atoms with Gasteiger partial charge in [-0.15, -0.1) is 0 Å². The molecule has 4 unspecified atom stereocenters. The number of aliphatic carboxylic acids is 2. The van der Waals surface area contributed by atoms with Crippen LogP contribution in [-0.2, 0) is 28.8 Å². The molecule has 13 N–H and O–H groups in total. The van der Waals surface area contributed by atoms with Gasteiger partial charge in [-0.2, -0.15) is 12.6 Å². The SMILES string of the molecule is NC(=O)CCC(NC(=O)C(CC(=O)O)NC(=O)C(N)CS)C(=O)NC(CCCN=C(N)N)C(=O)O. The lowest BCUT2D eigenvalue weighted by Gasteiger charge is -2.24. The Bertz CT molecular complexity index is 820. The largest absolute Gasteiger partial charge is 0.481 e. The van der Waals surface area contributed by atoms with Gasteiger partial charge in [0.15, 0.2) is 5.96 Å². The number of guanidine groups is 1. The molecule has 0 aromatic heterocycles. The van der Waals surface area contributed by atoms with Crippen LogP contribution in [0.1, 0.15) is 32.1 Å². The number of hydrogen-bond acceptors (Lipinski definition) is 9. The van der Waals surface area contributed by atoms with Gasteiger partial charge in [0.05, 0.1) is 12.5 Å². The fourth-order valence-electron chi connectivity index (χ4n) is 2.61. The van der Waals surface area contributed by atoms with Crippen LogP contribution in [0.3, 0.4) is 0 Å². The predicted molar refractivity (Wildman–Crippen MR) is 126 cm³/mol. The topological polar surface area (TPSA) is 295 Å². The molecule has 0 rings (SSSR count). The second kappa shape index (κ2) is 16.1. The number of thiol groups is 1. The minimum Gasteiger partial charge on any atom is -0.481 e. The Hall–Kier alpha value is -3.60. The molecule has 0 heterocycles. The van der Waals surface area contributed by atoms with Gasteiger partial charge >= 0.3 is 11.9 Å². The Kier molecular flexibility index (Phi) is 14.4. The van der Waals surface area contributed by atoms with E-state index in [2.05, 4.69) is 33.6 Å². The van der Waals surface area contributed by atoms with E-state index in [-0.39, 0.29) is 43.9 Å². The molecule has 0 aliphatic rings. The average molecular weight is 521 g/mol. The summed E-state index contributed by atoms with van der Waals surface area (Å²) in [5, 5.41) is 25.1. The molecule has 0 radical (unpaired) electrons. The van der Waals surface area contributed by atoms with Crippen molar-refractivity contribution >= 4 is 54.2 Å². The third kappa shape index (κ3) is 13.6. The van der Waals surface area contributed by atoms with Gasteiger partial charge in [0, 0.05) is 18.7 Å². The van der Waals surface area contributed by atoms with Gasteiger partial charge in [0.25, 0.3) is 0 Å². The zero-order valence-corrected chi connectivity index (χ0v) is 19.7. The third-order valence-corrected chi connectivity index (χ3v) is 4.81. The number of amides is 4. The zero-order chi connectivity index (χ0) is 27.1. The van der Waals surface area contributed by atoms with Crippen LogP contribution >= 0.6 is 12.6 Å². The highest BCUT2D eigenvalue weighted by Gasteiger charge is 2.31. The van der Waals surface area contributed by atoms with Crippen molar-refractivity contribution in [3.8, 4) is 0 Å². The van der Waals surface area contributed by atoms with Crippen molar-refractivity contribution in [2.24, 2.45) is 27.9 Å². The smallest absolute Gasteiger partial charge is 0.326 e. The lowest BCUT2D eigenvalue weighted by Crippen LogP contribution is -2.57. The number of carboxylic acid groups (broad SMARTS) is 2. The molecular weight excluding hydrogens is 488 g/mol. The monoisotopic (exact) mass is 520 g/mol. The number of rotatable bonds is 17. The number of nitrogens with zero attached hydrogens (tertiary/aromatic N) is 1. The molecule has 35 heavy (non-hydrogen) atoms. The molecule has 4 amide bonds. The minimum absolute atomic E-state index is 0.0619. The summed E-state index contributed by atoms with van der Waals surface area (Å²) in [7, 11) is 0. The van der Waals surface area contributed by atoms with Gasteiger partial charge in [0.2, 0.25) is 23.6 Å². The van der Waals surface area contributed by atoms with Crippen LogP contribution < -0.4 is 38.9 Å². The standard InChI is InChI=1S/C18H32N8O8S/c19-8(7-35)14(30)26-11(6-13(28)29)16(32)24-9(3-4-12(20)27)15(31)25-10(17(33)34)2-1-5-23-18(21)22/h8-11,35H,1-7,19H2,(H2,20,27)(H,24,32)(H,25,31)(H,26,30)(H,28,29)(H,33,34)(H4,21,22,23). The van der Waals surface area contributed by atoms with Gasteiger partial charge in [-0.3, -0.25) is 29.0 Å². The molecule has 0 bridgehead atoms. The van der Waals surface area contributed by atoms with Gasteiger partial charge < -0.3 is 49.1 Å². The zero-order valence-electron chi connectivity index (χ0n) is 18.8. The van der Waals surface area contributed by atoms with Gasteiger partial charge in [-0.05, 0) is 19.3 Å². The van der Waals surface area contributed by atoms with Crippen molar-refractivity contribution in [1.82, 2.24) is 16.0 Å². The van der Waals surface area contributed by atoms with Crippen LogP contribution in [0.4, 0.5) is 0 Å². The summed E-state index contributed by atoms with van der Waals surface area (Å²) in [6.45, 7) is 0.106. The van der Waals surface area contributed by atoms with E-state index in [0.717, 1.165) is 0 Å². The number of nitrogens with two attached hydrogens (primary N) is 4. The first-order valence-electron chi connectivity index (χ1n) is 10.3. The predicted octanol–water partition coefficient (Wildman–Crippen LogP) is -4.42. The van der Waals surface area contributed by atoms with Gasteiger partial charge in [-0.1, -0.05) is 0 Å². The van der Waals surface area contributed by atoms with Crippen LogP contribution in [0.5, 0.6) is 0 Å². The molecule has 0 fully saturated rings. The van der Waals surface area contributed by atoms with Crippen molar-refractivity contribution in [1.29, 1.82) is 0 Å². The Morgan fingerprint density at radius 3 is 1.86 bits per heavy atom. The van der Waals surface area contributed by atoms with Crippen LogP contribution in [0.25, 0.3) is 0 Å². The highest BCUT2D eigenvalue weighted by Crippen LogP contribution is 2.05. The summed E-state index contributed by atoms with van der Waals surface area (Å²) in [5.41, 5.74) is 21.0. The van der Waals surface area contributed by atoms with E-state index in [9.17, 15) is 33.9 Å². The van der Waals surface area contributed by atoms with Gasteiger partial charge in [0.1, 0.15) is 18.1 Å². The van der Waals surface area contributed by atoms with Gasteiger partial charge in [-0.25, -0.2) is 4.79 Å². The van der Waals surface area contributed by atoms with Crippen LogP contribution in [0.15, 0.2) is 4.99 Å². The average Bonchev–Trinajstić information content (AvgIpc) is 2.76. The maximum absolute atomic E-state index is 12.7. The molecule has 0 aromatic rings. The van der Waals surface area contributed by atoms with E-state index >= 15 is 0 Å². The fourth-order valence-corrected chi connectivity index (χ4v) is 2.77. The quantitative estimate of drug-likeness (QED) is 0.0377. The third-order valence-electron chi connectivity index (χ3n) is 4.42. The van der Waals surface area contributed by atoms with Crippen LogP contribution in [0, 0.1) is 0 Å². The first kappa shape index (κ1) is 31.4. The summed E-state index contributed by atoms with van der Waals surface area (Å²) in [4.78, 5) is 75.0. The summed E-state index contributed by atoms with van der Waals surface area (Å²) in [6, 6.07) is -5.61. The number of nitrogens with one attached hydrogen (secondary N) is 3. The van der Waals surface area contributed by atoms with Crippen LogP contribution in [-0.4, -0.2) is 88.2 Å². The lowest BCUT2D eigenvalue weighted by molar-refractivity contribution is -0.143. The molecule has 0 aliphatic heterocycles. The maximum atomic E-state index is 12.7. The number of primary amides is 1. The Labute approximate surface area is 206 Å². The minimum atomic E-state index is -1.62. The number of carbonyl (C=O) groups excluding carboxylic acids is 4.